The van der Waals surface area contributed by atoms with Crippen molar-refractivity contribution < 1.29 is 19.1 Å². The van der Waals surface area contributed by atoms with Crippen molar-refractivity contribution in [1.29, 1.82) is 0 Å². The molecule has 3 rings (SSSR count). The predicted molar refractivity (Wildman–Crippen MR) is 114 cm³/mol. The highest BCUT2D eigenvalue weighted by atomic mass is 16.5. The highest BCUT2D eigenvalue weighted by molar-refractivity contribution is 5.97. The molecule has 1 amide bonds. The number of rotatable bonds is 10. The lowest BCUT2D eigenvalue weighted by Crippen LogP contribution is -2.40. The average Bonchev–Trinajstić information content (AvgIpc) is 3.60. The molecular weight excluding hydrogens is 366 g/mol. The number of hydrogen-bond acceptors (Lipinski definition) is 4. The summed E-state index contributed by atoms with van der Waals surface area (Å²) in [6.45, 7) is 2.11. The Balaban J connectivity index is 1.60. The van der Waals surface area contributed by atoms with Gasteiger partial charge in [0.1, 0.15) is 11.5 Å². The normalized spacial score (nSPS) is 14.2. The Labute approximate surface area is 172 Å². The van der Waals surface area contributed by atoms with Gasteiger partial charge in [-0.05, 0) is 80.6 Å². The van der Waals surface area contributed by atoms with Gasteiger partial charge in [0.05, 0.1) is 14.2 Å². The Morgan fingerprint density at radius 3 is 2.00 bits per heavy atom. The number of Topliss-reactive ketones (excluding diaryl/α,β-unsaturated/α-hetero) is 1. The van der Waals surface area contributed by atoms with Crippen LogP contribution in [0.3, 0.4) is 0 Å². The Morgan fingerprint density at radius 2 is 1.48 bits per heavy atom. The quantitative estimate of drug-likeness (QED) is 0.538. The fourth-order valence-electron chi connectivity index (χ4n) is 3.58. The van der Waals surface area contributed by atoms with Crippen molar-refractivity contribution in [3.8, 4) is 11.5 Å². The molecule has 2 aromatic rings. The largest absolute Gasteiger partial charge is 0.497 e. The fourth-order valence-corrected chi connectivity index (χ4v) is 3.58. The molecule has 2 aromatic carbocycles. The summed E-state index contributed by atoms with van der Waals surface area (Å²) >= 11 is 0. The van der Waals surface area contributed by atoms with Crippen molar-refractivity contribution in [2.45, 2.75) is 45.1 Å². The van der Waals surface area contributed by atoms with Crippen molar-refractivity contribution in [3.05, 3.63) is 54.1 Å². The summed E-state index contributed by atoms with van der Waals surface area (Å²) in [5, 5.41) is 0. The zero-order valence-corrected chi connectivity index (χ0v) is 17.4. The number of anilines is 1. The van der Waals surface area contributed by atoms with E-state index in [2.05, 4.69) is 6.92 Å². The summed E-state index contributed by atoms with van der Waals surface area (Å²) in [6.07, 6.45) is 3.57. The number of benzene rings is 2. The van der Waals surface area contributed by atoms with E-state index in [-0.39, 0.29) is 17.7 Å². The van der Waals surface area contributed by atoms with Crippen LogP contribution in [-0.4, -0.2) is 32.0 Å². The van der Waals surface area contributed by atoms with Crippen LogP contribution >= 0.6 is 0 Å². The minimum Gasteiger partial charge on any atom is -0.497 e. The molecule has 0 saturated heterocycles. The van der Waals surface area contributed by atoms with Crippen molar-refractivity contribution in [3.63, 3.8) is 0 Å². The van der Waals surface area contributed by atoms with Gasteiger partial charge >= 0.3 is 0 Å². The molecule has 1 aliphatic rings. The van der Waals surface area contributed by atoms with E-state index in [1.54, 1.807) is 38.5 Å². The Morgan fingerprint density at radius 1 is 0.931 bits per heavy atom. The SMILES string of the molecule is COc1ccc(C(=O)CCCC(=O)N(c2ccc(OC)cc2)C(C)C2CC2)cc1. The van der Waals surface area contributed by atoms with E-state index >= 15 is 0 Å². The molecule has 5 heteroatoms. The van der Waals surface area contributed by atoms with Crippen LogP contribution in [0.1, 0.15) is 49.4 Å². The zero-order valence-electron chi connectivity index (χ0n) is 17.4. The molecule has 0 spiro atoms. The fraction of sp³-hybridized carbons (Fsp3) is 0.417. The lowest BCUT2D eigenvalue weighted by atomic mass is 10.0. The van der Waals surface area contributed by atoms with Gasteiger partial charge < -0.3 is 14.4 Å². The number of carbonyl (C=O) groups excluding carboxylic acids is 2. The molecular formula is C24H29NO4. The summed E-state index contributed by atoms with van der Waals surface area (Å²) < 4.78 is 10.4. The molecule has 0 N–H and O–H groups in total. The standard InChI is InChI=1S/C24H29NO4/c1-17(18-7-8-18)25(20-11-15-22(29-3)16-12-20)24(27)6-4-5-23(26)19-9-13-21(28-2)14-10-19/h9-18H,4-8H2,1-3H3. The van der Waals surface area contributed by atoms with Gasteiger partial charge in [-0.3, -0.25) is 9.59 Å². The van der Waals surface area contributed by atoms with Gasteiger partial charge in [-0.15, -0.1) is 0 Å². The van der Waals surface area contributed by atoms with Gasteiger partial charge in [0.25, 0.3) is 0 Å². The summed E-state index contributed by atoms with van der Waals surface area (Å²) in [5.41, 5.74) is 1.54. The lowest BCUT2D eigenvalue weighted by Gasteiger charge is -2.30. The van der Waals surface area contributed by atoms with Crippen LogP contribution in [0.15, 0.2) is 48.5 Å². The van der Waals surface area contributed by atoms with E-state index in [1.165, 1.54) is 0 Å². The number of ketones is 1. The van der Waals surface area contributed by atoms with Crippen molar-refractivity contribution in [2.24, 2.45) is 5.92 Å². The monoisotopic (exact) mass is 395 g/mol. The van der Waals surface area contributed by atoms with Gasteiger partial charge in [-0.25, -0.2) is 0 Å². The van der Waals surface area contributed by atoms with Crippen molar-refractivity contribution >= 4 is 17.4 Å². The minimum absolute atomic E-state index is 0.0479. The third-order valence-corrected chi connectivity index (χ3v) is 5.54. The second kappa shape index (κ2) is 9.59. The average molecular weight is 395 g/mol. The Kier molecular flexibility index (Phi) is 6.91. The first-order chi connectivity index (χ1) is 14.0. The molecule has 1 aliphatic carbocycles. The van der Waals surface area contributed by atoms with Crippen LogP contribution in [-0.2, 0) is 4.79 Å². The summed E-state index contributed by atoms with van der Waals surface area (Å²) in [4.78, 5) is 27.3. The van der Waals surface area contributed by atoms with Gasteiger partial charge in [-0.2, -0.15) is 0 Å². The third-order valence-electron chi connectivity index (χ3n) is 5.54. The van der Waals surface area contributed by atoms with Crippen LogP contribution in [0.25, 0.3) is 0 Å². The second-order valence-corrected chi connectivity index (χ2v) is 7.55. The summed E-state index contributed by atoms with van der Waals surface area (Å²) in [7, 11) is 3.23. The van der Waals surface area contributed by atoms with Gasteiger partial charge in [0.2, 0.25) is 5.91 Å². The Hall–Kier alpha value is -2.82. The number of hydrogen-bond donors (Lipinski definition) is 0. The first-order valence-corrected chi connectivity index (χ1v) is 10.2. The summed E-state index contributed by atoms with van der Waals surface area (Å²) in [6, 6.07) is 14.9. The lowest BCUT2D eigenvalue weighted by molar-refractivity contribution is -0.119. The van der Waals surface area contributed by atoms with Crippen LogP contribution in [0.5, 0.6) is 11.5 Å². The van der Waals surface area contributed by atoms with Crippen LogP contribution in [0.2, 0.25) is 0 Å². The first kappa shape index (κ1) is 20.9. The van der Waals surface area contributed by atoms with Crippen molar-refractivity contribution in [2.75, 3.05) is 19.1 Å². The van der Waals surface area contributed by atoms with E-state index in [9.17, 15) is 9.59 Å². The van der Waals surface area contributed by atoms with E-state index < -0.39 is 0 Å². The minimum atomic E-state index is 0.0479. The maximum absolute atomic E-state index is 13.0. The molecule has 1 saturated carbocycles. The van der Waals surface area contributed by atoms with E-state index in [4.69, 9.17) is 9.47 Å². The topological polar surface area (TPSA) is 55.8 Å². The van der Waals surface area contributed by atoms with E-state index in [0.717, 1.165) is 30.0 Å². The highest BCUT2D eigenvalue weighted by Gasteiger charge is 2.34. The molecule has 0 heterocycles. The van der Waals surface area contributed by atoms with E-state index in [1.807, 2.05) is 29.2 Å². The van der Waals surface area contributed by atoms with E-state index in [0.29, 0.717) is 30.7 Å². The third kappa shape index (κ3) is 5.37. The van der Waals surface area contributed by atoms with Gasteiger partial charge in [0, 0.05) is 30.1 Å². The molecule has 0 aliphatic heterocycles. The molecule has 5 nitrogen and oxygen atoms in total. The molecule has 0 radical (unpaired) electrons. The molecule has 0 aromatic heterocycles. The zero-order chi connectivity index (χ0) is 20.8. The van der Waals surface area contributed by atoms with Crippen LogP contribution < -0.4 is 14.4 Å². The maximum Gasteiger partial charge on any atom is 0.227 e. The second-order valence-electron chi connectivity index (χ2n) is 7.55. The van der Waals surface area contributed by atoms with Crippen molar-refractivity contribution in [1.82, 2.24) is 0 Å². The smallest absolute Gasteiger partial charge is 0.227 e. The molecule has 29 heavy (non-hydrogen) atoms. The maximum atomic E-state index is 13.0. The molecule has 0 bridgehead atoms. The number of nitrogens with zero attached hydrogens (tertiary/aromatic N) is 1. The number of carbonyl (C=O) groups is 2. The van der Waals surface area contributed by atoms with Gasteiger partial charge in [-0.1, -0.05) is 0 Å². The molecule has 1 fully saturated rings. The molecule has 1 unspecified atom stereocenters. The highest BCUT2D eigenvalue weighted by Crippen LogP contribution is 2.37. The first-order valence-electron chi connectivity index (χ1n) is 10.2. The molecule has 154 valence electrons. The molecule has 1 atom stereocenters. The van der Waals surface area contributed by atoms with Crippen LogP contribution in [0, 0.1) is 5.92 Å². The summed E-state index contributed by atoms with van der Waals surface area (Å²) in [5.74, 6) is 2.16. The number of methoxy groups -OCH3 is 2. The van der Waals surface area contributed by atoms with Gasteiger partial charge in [0.15, 0.2) is 5.78 Å². The Bertz CT molecular complexity index is 825. The number of amides is 1. The predicted octanol–water partition coefficient (Wildman–Crippen LogP) is 4.89. The van der Waals surface area contributed by atoms with Crippen LogP contribution in [0.4, 0.5) is 5.69 Å². The number of ether oxygens (including phenoxy) is 2.